The number of hydrogen-bond acceptors (Lipinski definition) is 2. The third-order valence-corrected chi connectivity index (χ3v) is 2.35. The molecule has 15 heavy (non-hydrogen) atoms. The van der Waals surface area contributed by atoms with Gasteiger partial charge in [-0.05, 0) is 23.2 Å². The molecule has 0 aromatic carbocycles. The van der Waals surface area contributed by atoms with E-state index in [4.69, 9.17) is 23.2 Å². The molecule has 0 aromatic rings. The third kappa shape index (κ3) is 2.40. The molecule has 0 radical (unpaired) electrons. The summed E-state index contributed by atoms with van der Waals surface area (Å²) in [6, 6.07) is 0. The highest BCUT2D eigenvalue weighted by Gasteiger charge is 2.76. The molecule has 0 bridgehead atoms. The highest BCUT2D eigenvalue weighted by Crippen LogP contribution is 2.55. The smallest absolute Gasteiger partial charge is 0.332 e. The van der Waals surface area contributed by atoms with Crippen LogP contribution in [0.3, 0.4) is 0 Å². The van der Waals surface area contributed by atoms with Crippen molar-refractivity contribution in [3.05, 3.63) is 0 Å². The molecule has 10 heteroatoms. The van der Waals surface area contributed by atoms with Crippen molar-refractivity contribution in [1.29, 1.82) is 0 Å². The molecule has 0 aromatic heterocycles. The van der Waals surface area contributed by atoms with E-state index in [2.05, 4.69) is 32.7 Å². The Hall–Kier alpha value is 0.800. The van der Waals surface area contributed by atoms with Crippen LogP contribution in [0.5, 0.6) is 0 Å². The van der Waals surface area contributed by atoms with Gasteiger partial charge in [0.2, 0.25) is 4.52 Å². The first-order valence-electron chi connectivity index (χ1n) is 3.27. The first-order valence-corrected chi connectivity index (χ1v) is 4.78. The Morgan fingerprint density at radius 2 is 1.40 bits per heavy atom. The minimum absolute atomic E-state index is 0.930. The summed E-state index contributed by atoms with van der Waals surface area (Å²) in [5.41, 5.74) is 0. The summed E-state index contributed by atoms with van der Waals surface area (Å²) < 4.78 is 56.7. The van der Waals surface area contributed by atoms with Crippen molar-refractivity contribution in [3.63, 3.8) is 0 Å². The molecule has 0 N–H and O–H groups in total. The number of halogens is 8. The van der Waals surface area contributed by atoms with Crippen molar-refractivity contribution in [1.82, 2.24) is 0 Å². The molecule has 1 aliphatic rings. The van der Waals surface area contributed by atoms with Crippen molar-refractivity contribution in [2.45, 2.75) is 21.1 Å². The molecule has 0 aliphatic carbocycles. The summed E-state index contributed by atoms with van der Waals surface area (Å²) in [6.07, 6.45) is 0. The zero-order valence-electron chi connectivity index (χ0n) is 6.55. The number of rotatable bonds is 2. The molecule has 1 aliphatic heterocycles. The van der Waals surface area contributed by atoms with Gasteiger partial charge in [0.25, 0.3) is 0 Å². The van der Waals surface area contributed by atoms with Crippen LogP contribution in [0.4, 0.5) is 17.6 Å². The SMILES string of the molecule is FC(F)(Cl)C1(C(F)(F)Cl)OCC(Cl)(Cl)O1. The van der Waals surface area contributed by atoms with Crippen molar-refractivity contribution in [2.75, 3.05) is 6.61 Å². The van der Waals surface area contributed by atoms with Crippen LogP contribution in [0.2, 0.25) is 0 Å². The fourth-order valence-electron chi connectivity index (χ4n) is 0.895. The second-order valence-corrected chi connectivity index (χ2v) is 5.00. The molecular formula is C5H2Cl4F4O2. The van der Waals surface area contributed by atoms with E-state index >= 15 is 0 Å². The van der Waals surface area contributed by atoms with E-state index < -0.39 is 27.7 Å². The van der Waals surface area contributed by atoms with E-state index in [1.807, 2.05) is 0 Å². The van der Waals surface area contributed by atoms with Crippen molar-refractivity contribution < 1.29 is 27.0 Å². The number of ether oxygens (including phenoxy) is 2. The van der Waals surface area contributed by atoms with Crippen LogP contribution in [-0.4, -0.2) is 27.7 Å². The van der Waals surface area contributed by atoms with Gasteiger partial charge in [0.05, 0.1) is 0 Å². The lowest BCUT2D eigenvalue weighted by Crippen LogP contribution is -2.57. The summed E-state index contributed by atoms with van der Waals surface area (Å²) in [6.45, 7) is -0.930. The molecule has 1 rings (SSSR count). The van der Waals surface area contributed by atoms with Gasteiger partial charge in [0.1, 0.15) is 6.61 Å². The van der Waals surface area contributed by atoms with E-state index in [0.717, 1.165) is 0 Å². The minimum Gasteiger partial charge on any atom is -0.332 e. The van der Waals surface area contributed by atoms with Crippen LogP contribution >= 0.6 is 46.4 Å². The maximum atomic E-state index is 12.8. The van der Waals surface area contributed by atoms with Gasteiger partial charge in [0.15, 0.2) is 0 Å². The molecule has 0 amide bonds. The Morgan fingerprint density at radius 1 is 1.00 bits per heavy atom. The lowest BCUT2D eigenvalue weighted by Gasteiger charge is -2.34. The summed E-state index contributed by atoms with van der Waals surface area (Å²) in [5, 5.41) is -9.21. The van der Waals surface area contributed by atoms with Gasteiger partial charge in [-0.2, -0.15) is 17.6 Å². The molecule has 0 saturated carbocycles. The van der Waals surface area contributed by atoms with Gasteiger partial charge in [-0.25, -0.2) is 0 Å². The summed E-state index contributed by atoms with van der Waals surface area (Å²) in [5.74, 6) is -3.90. The Morgan fingerprint density at radius 3 is 1.53 bits per heavy atom. The van der Waals surface area contributed by atoms with E-state index in [1.165, 1.54) is 0 Å². The molecule has 0 unspecified atom stereocenters. The van der Waals surface area contributed by atoms with Crippen LogP contribution in [0, 0.1) is 0 Å². The van der Waals surface area contributed by atoms with Crippen LogP contribution < -0.4 is 0 Å². The molecule has 0 spiro atoms. The second-order valence-electron chi connectivity index (χ2n) is 2.64. The first-order chi connectivity index (χ1) is 6.41. The van der Waals surface area contributed by atoms with Gasteiger partial charge >= 0.3 is 16.6 Å². The fourth-order valence-corrected chi connectivity index (χ4v) is 1.69. The molecular weight excluding hydrogens is 310 g/mol. The lowest BCUT2D eigenvalue weighted by atomic mass is 10.3. The van der Waals surface area contributed by atoms with Crippen LogP contribution in [-0.2, 0) is 9.47 Å². The monoisotopic (exact) mass is 310 g/mol. The summed E-state index contributed by atoms with van der Waals surface area (Å²) >= 11 is 19.3. The Kier molecular flexibility index (Phi) is 3.37. The van der Waals surface area contributed by atoms with E-state index in [-0.39, 0.29) is 0 Å². The molecule has 2 nitrogen and oxygen atoms in total. The second kappa shape index (κ2) is 3.65. The van der Waals surface area contributed by atoms with Crippen LogP contribution in [0.25, 0.3) is 0 Å². The van der Waals surface area contributed by atoms with E-state index in [0.29, 0.717) is 0 Å². The average Bonchev–Trinajstić information content (AvgIpc) is 2.23. The van der Waals surface area contributed by atoms with Gasteiger partial charge in [-0.3, -0.25) is 4.74 Å². The number of alkyl halides is 8. The molecule has 90 valence electrons. The van der Waals surface area contributed by atoms with Gasteiger partial charge < -0.3 is 4.74 Å². The zero-order chi connectivity index (χ0) is 12.1. The topological polar surface area (TPSA) is 18.5 Å². The zero-order valence-corrected chi connectivity index (χ0v) is 9.57. The highest BCUT2D eigenvalue weighted by molar-refractivity contribution is 6.47. The van der Waals surface area contributed by atoms with Crippen LogP contribution in [0.15, 0.2) is 0 Å². The van der Waals surface area contributed by atoms with E-state index in [9.17, 15) is 17.6 Å². The summed E-state index contributed by atoms with van der Waals surface area (Å²) in [7, 11) is 0. The molecule has 1 heterocycles. The van der Waals surface area contributed by atoms with Crippen molar-refractivity contribution >= 4 is 46.4 Å². The summed E-state index contributed by atoms with van der Waals surface area (Å²) in [4.78, 5) is 0. The standard InChI is InChI=1S/C5H2Cl4F4O2/c6-2(7)1-14-3(15-2,4(8,10)11)5(9,12)13/h1H2. The van der Waals surface area contributed by atoms with Gasteiger partial charge in [-0.15, -0.1) is 0 Å². The first kappa shape index (κ1) is 13.9. The average molecular weight is 312 g/mol. The quantitative estimate of drug-likeness (QED) is 0.574. The lowest BCUT2D eigenvalue weighted by molar-refractivity contribution is -0.327. The molecule has 1 fully saturated rings. The van der Waals surface area contributed by atoms with Gasteiger partial charge in [0, 0.05) is 0 Å². The predicted molar refractivity (Wildman–Crippen MR) is 45.8 cm³/mol. The van der Waals surface area contributed by atoms with Gasteiger partial charge in [-0.1, -0.05) is 23.2 Å². The van der Waals surface area contributed by atoms with Crippen molar-refractivity contribution in [2.24, 2.45) is 0 Å². The largest absolute Gasteiger partial charge is 0.382 e. The Labute approximate surface area is 101 Å². The van der Waals surface area contributed by atoms with E-state index in [1.54, 1.807) is 0 Å². The molecule has 1 saturated heterocycles. The highest BCUT2D eigenvalue weighted by atomic mass is 35.5. The minimum atomic E-state index is -4.61. The predicted octanol–water partition coefficient (Wildman–Crippen LogP) is 3.52. The van der Waals surface area contributed by atoms with Crippen molar-refractivity contribution in [3.8, 4) is 0 Å². The molecule has 0 atom stereocenters. The van der Waals surface area contributed by atoms with Crippen LogP contribution in [0.1, 0.15) is 0 Å². The Balaban J connectivity index is 3.13. The maximum Gasteiger partial charge on any atom is 0.382 e. The third-order valence-electron chi connectivity index (χ3n) is 1.48. The normalized spacial score (nSPS) is 25.6. The number of hydrogen-bond donors (Lipinski definition) is 0. The fraction of sp³-hybridized carbons (Fsp3) is 1.00. The maximum absolute atomic E-state index is 12.8. The Bertz CT molecular complexity index is 247.